The number of carbonyl (C=O) groups is 2. The zero-order chi connectivity index (χ0) is 21.8. The highest BCUT2D eigenvalue weighted by molar-refractivity contribution is 9.10. The fourth-order valence-electron chi connectivity index (χ4n) is 3.34. The number of carbonyl (C=O) groups excluding carboxylic acids is 2. The average Bonchev–Trinajstić information content (AvgIpc) is 3.05. The molecule has 1 saturated heterocycles. The topological polar surface area (TPSA) is 61.8 Å². The molecule has 1 N–H and O–H groups in total. The molecule has 0 saturated carbocycles. The molecule has 31 heavy (non-hydrogen) atoms. The first-order valence-corrected chi connectivity index (χ1v) is 11.4. The van der Waals surface area contributed by atoms with Crippen molar-refractivity contribution in [1.82, 2.24) is 4.90 Å². The van der Waals surface area contributed by atoms with Crippen LogP contribution in [-0.4, -0.2) is 33.7 Å². The summed E-state index contributed by atoms with van der Waals surface area (Å²) in [7, 11) is 0. The van der Waals surface area contributed by atoms with Gasteiger partial charge < -0.3 is 5.32 Å². The highest BCUT2D eigenvalue weighted by Crippen LogP contribution is 2.34. The van der Waals surface area contributed by atoms with Gasteiger partial charge in [-0.15, -0.1) is 6.58 Å². The van der Waals surface area contributed by atoms with Crippen molar-refractivity contribution >= 4 is 66.8 Å². The fraction of sp³-hybridized carbons (Fsp3) is 0.125. The number of amidine groups is 1. The van der Waals surface area contributed by atoms with E-state index in [2.05, 4.69) is 27.8 Å². The predicted molar refractivity (Wildman–Crippen MR) is 132 cm³/mol. The standard InChI is InChI=1S/C24H20BrN3O2S/c1-2-14-28-23(30)21(15-22(29)26-18-12-10-17(25)11-13-18)31-24(28)27-20-9-5-7-16-6-3-4-8-19(16)20/h2-13,21H,1,14-15H2,(H,26,29)/t21-/m0/s1. The average molecular weight is 494 g/mol. The Kier molecular flexibility index (Phi) is 6.53. The molecule has 3 aromatic rings. The zero-order valence-electron chi connectivity index (χ0n) is 16.6. The van der Waals surface area contributed by atoms with E-state index in [9.17, 15) is 9.59 Å². The number of anilines is 1. The Morgan fingerprint density at radius 3 is 2.65 bits per heavy atom. The number of hydrogen-bond acceptors (Lipinski definition) is 4. The van der Waals surface area contributed by atoms with Crippen molar-refractivity contribution in [3.63, 3.8) is 0 Å². The van der Waals surface area contributed by atoms with Crippen LogP contribution in [0.5, 0.6) is 0 Å². The summed E-state index contributed by atoms with van der Waals surface area (Å²) in [5, 5.41) is 5.01. The summed E-state index contributed by atoms with van der Waals surface area (Å²) >= 11 is 4.69. The molecule has 0 aliphatic carbocycles. The molecular weight excluding hydrogens is 474 g/mol. The van der Waals surface area contributed by atoms with E-state index in [1.54, 1.807) is 11.0 Å². The minimum atomic E-state index is -0.524. The summed E-state index contributed by atoms with van der Waals surface area (Å²) < 4.78 is 0.932. The molecule has 1 aliphatic rings. The minimum absolute atomic E-state index is 0.0712. The van der Waals surface area contributed by atoms with E-state index >= 15 is 0 Å². The van der Waals surface area contributed by atoms with Crippen molar-refractivity contribution in [2.45, 2.75) is 11.7 Å². The summed E-state index contributed by atoms with van der Waals surface area (Å²) in [5.74, 6) is -0.340. The van der Waals surface area contributed by atoms with Crippen LogP contribution in [-0.2, 0) is 9.59 Å². The van der Waals surface area contributed by atoms with E-state index in [0.717, 1.165) is 20.9 Å². The van der Waals surface area contributed by atoms with E-state index in [0.29, 0.717) is 17.4 Å². The minimum Gasteiger partial charge on any atom is -0.326 e. The number of thioether (sulfide) groups is 1. The van der Waals surface area contributed by atoms with Gasteiger partial charge in [-0.05, 0) is 35.7 Å². The molecule has 1 atom stereocenters. The monoisotopic (exact) mass is 493 g/mol. The molecule has 156 valence electrons. The van der Waals surface area contributed by atoms with Crippen LogP contribution < -0.4 is 5.32 Å². The van der Waals surface area contributed by atoms with E-state index < -0.39 is 5.25 Å². The molecule has 1 fully saturated rings. The second kappa shape index (κ2) is 9.49. The number of rotatable bonds is 6. The molecule has 0 aromatic heterocycles. The van der Waals surface area contributed by atoms with Crippen LogP contribution in [0.2, 0.25) is 0 Å². The summed E-state index contributed by atoms with van der Waals surface area (Å²) in [4.78, 5) is 31.9. The van der Waals surface area contributed by atoms with Gasteiger partial charge in [-0.3, -0.25) is 14.5 Å². The summed E-state index contributed by atoms with van der Waals surface area (Å²) in [5.41, 5.74) is 1.48. The normalized spacial score (nSPS) is 17.3. The third kappa shape index (κ3) is 4.89. The Morgan fingerprint density at radius 1 is 1.13 bits per heavy atom. The van der Waals surface area contributed by atoms with Gasteiger partial charge >= 0.3 is 0 Å². The number of hydrogen-bond donors (Lipinski definition) is 1. The maximum atomic E-state index is 13.0. The first-order valence-electron chi connectivity index (χ1n) is 9.76. The van der Waals surface area contributed by atoms with Gasteiger partial charge in [-0.1, -0.05) is 70.2 Å². The van der Waals surface area contributed by atoms with E-state index in [-0.39, 0.29) is 18.2 Å². The van der Waals surface area contributed by atoms with Gasteiger partial charge in [0.25, 0.3) is 0 Å². The Bertz CT molecular complexity index is 1170. The van der Waals surface area contributed by atoms with Crippen LogP contribution >= 0.6 is 27.7 Å². The lowest BCUT2D eigenvalue weighted by molar-refractivity contribution is -0.127. The molecule has 0 unspecified atom stereocenters. The van der Waals surface area contributed by atoms with Gasteiger partial charge in [-0.25, -0.2) is 4.99 Å². The number of halogens is 1. The van der Waals surface area contributed by atoms with Gasteiger partial charge in [0.1, 0.15) is 5.25 Å². The highest BCUT2D eigenvalue weighted by atomic mass is 79.9. The Morgan fingerprint density at radius 2 is 1.87 bits per heavy atom. The van der Waals surface area contributed by atoms with Crippen molar-refractivity contribution < 1.29 is 9.59 Å². The molecule has 5 nitrogen and oxygen atoms in total. The molecule has 2 amide bonds. The quantitative estimate of drug-likeness (QED) is 0.444. The molecule has 1 aliphatic heterocycles. The van der Waals surface area contributed by atoms with Crippen molar-refractivity contribution in [2.24, 2.45) is 4.99 Å². The molecule has 0 bridgehead atoms. The van der Waals surface area contributed by atoms with Crippen molar-refractivity contribution in [2.75, 3.05) is 11.9 Å². The van der Waals surface area contributed by atoms with Gasteiger partial charge in [0.05, 0.1) is 5.69 Å². The number of amides is 2. The molecule has 7 heteroatoms. The second-order valence-corrected chi connectivity index (χ2v) is 9.08. The van der Waals surface area contributed by atoms with E-state index in [1.807, 2.05) is 66.7 Å². The SMILES string of the molecule is C=CCN1C(=O)[C@H](CC(=O)Nc2ccc(Br)cc2)SC1=Nc1cccc2ccccc12. The van der Waals surface area contributed by atoms with Gasteiger partial charge in [0, 0.05) is 28.5 Å². The van der Waals surface area contributed by atoms with Crippen LogP contribution in [0.4, 0.5) is 11.4 Å². The van der Waals surface area contributed by atoms with Crippen molar-refractivity contribution in [3.8, 4) is 0 Å². The molecular formula is C24H20BrN3O2S. The lowest BCUT2D eigenvalue weighted by Gasteiger charge is -2.14. The zero-order valence-corrected chi connectivity index (χ0v) is 19.0. The van der Waals surface area contributed by atoms with Gasteiger partial charge in [-0.2, -0.15) is 0 Å². The van der Waals surface area contributed by atoms with Crippen LogP contribution in [0.25, 0.3) is 10.8 Å². The van der Waals surface area contributed by atoms with Crippen LogP contribution in [0.15, 0.2) is 88.9 Å². The van der Waals surface area contributed by atoms with Crippen molar-refractivity contribution in [1.29, 1.82) is 0 Å². The summed E-state index contributed by atoms with van der Waals surface area (Å²) in [6.45, 7) is 4.11. The smallest absolute Gasteiger partial charge is 0.242 e. The lowest BCUT2D eigenvalue weighted by Crippen LogP contribution is -2.33. The van der Waals surface area contributed by atoms with Crippen LogP contribution in [0, 0.1) is 0 Å². The molecule has 0 spiro atoms. The summed E-state index contributed by atoms with van der Waals surface area (Å²) in [6, 6.07) is 21.2. The molecule has 0 radical (unpaired) electrons. The maximum absolute atomic E-state index is 13.0. The Balaban J connectivity index is 1.55. The third-order valence-electron chi connectivity index (χ3n) is 4.81. The number of nitrogens with one attached hydrogen (secondary N) is 1. The largest absolute Gasteiger partial charge is 0.326 e. The number of nitrogens with zero attached hydrogens (tertiary/aromatic N) is 2. The Hall–Kier alpha value is -2.90. The third-order valence-corrected chi connectivity index (χ3v) is 6.52. The van der Waals surface area contributed by atoms with Crippen LogP contribution in [0.3, 0.4) is 0 Å². The number of fused-ring (bicyclic) bond motifs is 1. The van der Waals surface area contributed by atoms with E-state index in [4.69, 9.17) is 4.99 Å². The van der Waals surface area contributed by atoms with Crippen molar-refractivity contribution in [3.05, 3.63) is 83.9 Å². The highest BCUT2D eigenvalue weighted by Gasteiger charge is 2.38. The first-order chi connectivity index (χ1) is 15.0. The van der Waals surface area contributed by atoms with Crippen LogP contribution in [0.1, 0.15) is 6.42 Å². The second-order valence-electron chi connectivity index (χ2n) is 7.00. The molecule has 3 aromatic carbocycles. The summed E-state index contributed by atoms with van der Waals surface area (Å²) in [6.07, 6.45) is 1.74. The lowest BCUT2D eigenvalue weighted by atomic mass is 10.1. The predicted octanol–water partition coefficient (Wildman–Crippen LogP) is 5.75. The number of aliphatic imine (C=N–C) groups is 1. The van der Waals surface area contributed by atoms with Gasteiger partial charge in [0.2, 0.25) is 11.8 Å². The van der Waals surface area contributed by atoms with E-state index in [1.165, 1.54) is 11.8 Å². The van der Waals surface area contributed by atoms with Gasteiger partial charge in [0.15, 0.2) is 5.17 Å². The fourth-order valence-corrected chi connectivity index (χ4v) is 4.77. The number of benzene rings is 3. The molecule has 4 rings (SSSR count). The molecule has 1 heterocycles. The first kappa shape index (κ1) is 21.3. The Labute approximate surface area is 193 Å². The maximum Gasteiger partial charge on any atom is 0.242 e.